The van der Waals surface area contributed by atoms with Crippen LogP contribution in [0.2, 0.25) is 0 Å². The van der Waals surface area contributed by atoms with Gasteiger partial charge in [-0.3, -0.25) is 0 Å². The summed E-state index contributed by atoms with van der Waals surface area (Å²) in [6.45, 7) is 1.83. The summed E-state index contributed by atoms with van der Waals surface area (Å²) in [5, 5.41) is 0. The first-order valence-electron chi connectivity index (χ1n) is 7.08. The summed E-state index contributed by atoms with van der Waals surface area (Å²) >= 11 is 0. The Morgan fingerprint density at radius 3 is 2.71 bits per heavy atom. The number of hydrogen-bond donors (Lipinski definition) is 1. The topological polar surface area (TPSA) is 38.5 Å². The molecule has 0 radical (unpaired) electrons. The third-order valence-corrected chi connectivity index (χ3v) is 3.30. The summed E-state index contributed by atoms with van der Waals surface area (Å²) < 4.78 is 19.3. The summed E-state index contributed by atoms with van der Waals surface area (Å²) in [6.07, 6.45) is 0.817. The largest absolute Gasteiger partial charge is 0.494 e. The van der Waals surface area contributed by atoms with Crippen LogP contribution in [-0.2, 0) is 6.54 Å². The van der Waals surface area contributed by atoms with E-state index in [2.05, 4.69) is 0 Å². The van der Waals surface area contributed by atoms with Gasteiger partial charge in [-0.1, -0.05) is 24.3 Å². The fraction of sp³-hybridized carbons (Fsp3) is 0.294. The van der Waals surface area contributed by atoms with E-state index in [4.69, 9.17) is 10.5 Å². The number of benzene rings is 2. The Kier molecular flexibility index (Phi) is 5.58. The van der Waals surface area contributed by atoms with Crippen molar-refractivity contribution in [3.63, 3.8) is 0 Å². The molecule has 2 aromatic carbocycles. The average Bonchev–Trinajstić information content (AvgIpc) is 2.52. The van der Waals surface area contributed by atoms with Crippen molar-refractivity contribution in [2.45, 2.75) is 13.0 Å². The molecule has 0 aromatic heterocycles. The zero-order valence-corrected chi connectivity index (χ0v) is 12.3. The first kappa shape index (κ1) is 15.3. The van der Waals surface area contributed by atoms with Gasteiger partial charge in [0.15, 0.2) is 0 Å². The van der Waals surface area contributed by atoms with Crippen LogP contribution < -0.4 is 15.4 Å². The van der Waals surface area contributed by atoms with Crippen LogP contribution >= 0.6 is 0 Å². The van der Waals surface area contributed by atoms with Gasteiger partial charge in [-0.25, -0.2) is 4.39 Å². The van der Waals surface area contributed by atoms with Gasteiger partial charge in [0.2, 0.25) is 0 Å². The van der Waals surface area contributed by atoms with E-state index in [-0.39, 0.29) is 5.82 Å². The van der Waals surface area contributed by atoms with Gasteiger partial charge >= 0.3 is 0 Å². The molecule has 4 heteroatoms. The standard InChI is InChI=1S/C17H21FN2O/c1-20(17-9-3-2-8-16(17)18)10-5-11-21-15-7-4-6-14(12-15)13-19/h2-4,6-9,12H,5,10-11,13,19H2,1H3. The van der Waals surface area contributed by atoms with E-state index in [1.54, 1.807) is 12.1 Å². The number of anilines is 1. The van der Waals surface area contributed by atoms with Gasteiger partial charge in [0.05, 0.1) is 12.3 Å². The molecule has 0 amide bonds. The second-order valence-corrected chi connectivity index (χ2v) is 4.93. The lowest BCUT2D eigenvalue weighted by Gasteiger charge is -2.19. The molecule has 2 aromatic rings. The molecule has 0 spiro atoms. The highest BCUT2D eigenvalue weighted by atomic mass is 19.1. The maximum absolute atomic E-state index is 13.6. The number of rotatable bonds is 7. The number of para-hydroxylation sites is 1. The lowest BCUT2D eigenvalue weighted by atomic mass is 10.2. The third-order valence-electron chi connectivity index (χ3n) is 3.30. The Labute approximate surface area is 125 Å². The smallest absolute Gasteiger partial charge is 0.146 e. The molecule has 0 saturated carbocycles. The van der Waals surface area contributed by atoms with Crippen LogP contribution in [0.4, 0.5) is 10.1 Å². The van der Waals surface area contributed by atoms with Gasteiger partial charge in [-0.2, -0.15) is 0 Å². The van der Waals surface area contributed by atoms with Crippen molar-refractivity contribution in [2.75, 3.05) is 25.1 Å². The van der Waals surface area contributed by atoms with Crippen LogP contribution in [0.15, 0.2) is 48.5 Å². The van der Waals surface area contributed by atoms with Gasteiger partial charge in [0.1, 0.15) is 11.6 Å². The van der Waals surface area contributed by atoms with Crippen LogP contribution in [0.3, 0.4) is 0 Å². The minimum Gasteiger partial charge on any atom is -0.494 e. The first-order chi connectivity index (χ1) is 10.2. The fourth-order valence-electron chi connectivity index (χ4n) is 2.14. The van der Waals surface area contributed by atoms with Crippen LogP contribution in [0.25, 0.3) is 0 Å². The van der Waals surface area contributed by atoms with E-state index in [0.717, 1.165) is 24.3 Å². The zero-order chi connectivity index (χ0) is 15.1. The molecule has 112 valence electrons. The van der Waals surface area contributed by atoms with Crippen LogP contribution in [-0.4, -0.2) is 20.2 Å². The van der Waals surface area contributed by atoms with Crippen molar-refractivity contribution in [1.82, 2.24) is 0 Å². The molecule has 3 nitrogen and oxygen atoms in total. The molecule has 21 heavy (non-hydrogen) atoms. The van der Waals surface area contributed by atoms with Gasteiger partial charge in [0, 0.05) is 20.1 Å². The van der Waals surface area contributed by atoms with Gasteiger partial charge < -0.3 is 15.4 Å². The Morgan fingerprint density at radius 1 is 1.14 bits per heavy atom. The molecule has 0 fully saturated rings. The van der Waals surface area contributed by atoms with Crippen molar-refractivity contribution >= 4 is 5.69 Å². The number of halogens is 1. The molecular formula is C17H21FN2O. The lowest BCUT2D eigenvalue weighted by molar-refractivity contribution is 0.312. The molecule has 0 aliphatic rings. The molecule has 0 unspecified atom stereocenters. The molecule has 2 rings (SSSR count). The van der Waals surface area contributed by atoms with Crippen LogP contribution in [0.5, 0.6) is 5.75 Å². The second-order valence-electron chi connectivity index (χ2n) is 4.93. The van der Waals surface area contributed by atoms with Crippen molar-refractivity contribution in [3.05, 3.63) is 59.9 Å². The van der Waals surface area contributed by atoms with E-state index < -0.39 is 0 Å². The predicted molar refractivity (Wildman–Crippen MR) is 84.1 cm³/mol. The number of nitrogens with zero attached hydrogens (tertiary/aromatic N) is 1. The van der Waals surface area contributed by atoms with Crippen LogP contribution in [0.1, 0.15) is 12.0 Å². The van der Waals surface area contributed by atoms with Crippen LogP contribution in [0, 0.1) is 5.82 Å². The zero-order valence-electron chi connectivity index (χ0n) is 12.3. The normalized spacial score (nSPS) is 10.4. The molecule has 0 aliphatic carbocycles. The van der Waals surface area contributed by atoms with Crippen molar-refractivity contribution in [3.8, 4) is 5.75 Å². The maximum atomic E-state index is 13.6. The Morgan fingerprint density at radius 2 is 1.95 bits per heavy atom. The van der Waals surface area contributed by atoms with Crippen molar-refractivity contribution in [2.24, 2.45) is 5.73 Å². The number of hydrogen-bond acceptors (Lipinski definition) is 3. The number of ether oxygens (including phenoxy) is 1. The highest BCUT2D eigenvalue weighted by molar-refractivity contribution is 5.46. The fourth-order valence-corrected chi connectivity index (χ4v) is 2.14. The second kappa shape index (κ2) is 7.64. The van der Waals surface area contributed by atoms with Gasteiger partial charge in [0.25, 0.3) is 0 Å². The molecule has 0 heterocycles. The van der Waals surface area contributed by atoms with Gasteiger partial charge in [-0.15, -0.1) is 0 Å². The summed E-state index contributed by atoms with van der Waals surface area (Å²) in [5.74, 6) is 0.628. The summed E-state index contributed by atoms with van der Waals surface area (Å²) in [6, 6.07) is 14.5. The number of nitrogens with two attached hydrogens (primary N) is 1. The highest BCUT2D eigenvalue weighted by Gasteiger charge is 2.06. The minimum absolute atomic E-state index is 0.198. The van der Waals surface area contributed by atoms with E-state index in [0.29, 0.717) is 18.8 Å². The summed E-state index contributed by atoms with van der Waals surface area (Å²) in [5.41, 5.74) is 7.26. The van der Waals surface area contributed by atoms with Gasteiger partial charge in [-0.05, 0) is 36.2 Å². The molecule has 0 saturated heterocycles. The van der Waals surface area contributed by atoms with E-state index >= 15 is 0 Å². The molecule has 0 atom stereocenters. The summed E-state index contributed by atoms with van der Waals surface area (Å²) in [4.78, 5) is 1.90. The SMILES string of the molecule is CN(CCCOc1cccc(CN)c1)c1ccccc1F. The minimum atomic E-state index is -0.198. The molecule has 0 bridgehead atoms. The quantitative estimate of drug-likeness (QED) is 0.795. The monoisotopic (exact) mass is 288 g/mol. The first-order valence-corrected chi connectivity index (χ1v) is 7.08. The molecule has 0 aliphatic heterocycles. The lowest BCUT2D eigenvalue weighted by Crippen LogP contribution is -2.21. The van der Waals surface area contributed by atoms with Crippen molar-refractivity contribution in [1.29, 1.82) is 0 Å². The van der Waals surface area contributed by atoms with E-state index in [1.807, 2.05) is 42.3 Å². The van der Waals surface area contributed by atoms with E-state index in [1.165, 1.54) is 6.07 Å². The molecular weight excluding hydrogens is 267 g/mol. The molecule has 2 N–H and O–H groups in total. The summed E-state index contributed by atoms with van der Waals surface area (Å²) in [7, 11) is 1.88. The van der Waals surface area contributed by atoms with Crippen molar-refractivity contribution < 1.29 is 9.13 Å². The highest BCUT2D eigenvalue weighted by Crippen LogP contribution is 2.17. The average molecular weight is 288 g/mol. The Bertz CT molecular complexity index is 574. The predicted octanol–water partition coefficient (Wildman–Crippen LogP) is 3.19. The Hall–Kier alpha value is -2.07. The third kappa shape index (κ3) is 4.46. The Balaban J connectivity index is 1.78. The maximum Gasteiger partial charge on any atom is 0.146 e. The van der Waals surface area contributed by atoms with E-state index in [9.17, 15) is 4.39 Å².